The van der Waals surface area contributed by atoms with E-state index in [1.54, 1.807) is 12.1 Å². The number of aryl methyl sites for hydroxylation is 1. The third-order valence-electron chi connectivity index (χ3n) is 6.99. The van der Waals surface area contributed by atoms with E-state index in [1.807, 2.05) is 17.4 Å². The first-order valence-corrected chi connectivity index (χ1v) is 12.8. The van der Waals surface area contributed by atoms with Gasteiger partial charge < -0.3 is 14.8 Å². The van der Waals surface area contributed by atoms with Crippen LogP contribution in [0.1, 0.15) is 40.1 Å². The standard InChI is InChI=1S/C28H30FNO3S/c1-18-2-11-26(34-18)17-30-28-20-3-4-21(28)15-22-16-25(8-5-19(22)14-20)33-27(31)12-13-32-24-9-6-23(29)7-10-24/h2,5-11,16,20-21,28,30H,3-4,12-15,17H2,1H3/t20-,21+,28+/m0/s1. The first kappa shape index (κ1) is 23.1. The number of fused-ring (bicyclic) bond motifs is 3. The van der Waals surface area contributed by atoms with Gasteiger partial charge in [-0.3, -0.25) is 4.79 Å². The minimum atomic E-state index is -0.331. The molecule has 2 aliphatic rings. The average Bonchev–Trinajstić information content (AvgIpc) is 3.35. The van der Waals surface area contributed by atoms with E-state index in [0.717, 1.165) is 19.4 Å². The van der Waals surface area contributed by atoms with Crippen molar-refractivity contribution in [3.8, 4) is 11.5 Å². The minimum absolute atomic E-state index is 0.132. The van der Waals surface area contributed by atoms with Crippen LogP contribution in [-0.4, -0.2) is 18.6 Å². The Morgan fingerprint density at radius 3 is 2.47 bits per heavy atom. The number of ether oxygens (including phenoxy) is 2. The maximum absolute atomic E-state index is 13.0. The number of carbonyl (C=O) groups excluding carboxylic acids is 1. The Bertz CT molecular complexity index is 1140. The molecule has 2 bridgehead atoms. The van der Waals surface area contributed by atoms with Gasteiger partial charge in [0, 0.05) is 22.3 Å². The van der Waals surface area contributed by atoms with Crippen LogP contribution in [0.25, 0.3) is 0 Å². The van der Waals surface area contributed by atoms with Gasteiger partial charge in [-0.25, -0.2) is 4.39 Å². The van der Waals surface area contributed by atoms with Gasteiger partial charge in [-0.2, -0.15) is 0 Å². The van der Waals surface area contributed by atoms with Crippen molar-refractivity contribution in [2.45, 2.75) is 51.6 Å². The van der Waals surface area contributed by atoms with Gasteiger partial charge in [0.15, 0.2) is 0 Å². The van der Waals surface area contributed by atoms with E-state index in [-0.39, 0.29) is 24.8 Å². The van der Waals surface area contributed by atoms with Crippen molar-refractivity contribution in [1.29, 1.82) is 0 Å². The number of rotatable bonds is 8. The van der Waals surface area contributed by atoms with Crippen molar-refractivity contribution in [2.75, 3.05) is 6.61 Å². The normalized spacial score (nSPS) is 21.1. The fourth-order valence-electron chi connectivity index (χ4n) is 5.35. The monoisotopic (exact) mass is 479 g/mol. The lowest BCUT2D eigenvalue weighted by Gasteiger charge is -2.23. The number of benzene rings is 2. The zero-order valence-electron chi connectivity index (χ0n) is 19.4. The Kier molecular flexibility index (Phi) is 6.97. The van der Waals surface area contributed by atoms with E-state index in [0.29, 0.717) is 29.4 Å². The smallest absolute Gasteiger partial charge is 0.314 e. The molecule has 2 aromatic carbocycles. The average molecular weight is 480 g/mol. The molecule has 4 nitrogen and oxygen atoms in total. The summed E-state index contributed by atoms with van der Waals surface area (Å²) < 4.78 is 24.1. The van der Waals surface area contributed by atoms with E-state index < -0.39 is 0 Å². The van der Waals surface area contributed by atoms with Gasteiger partial charge in [0.05, 0.1) is 13.0 Å². The van der Waals surface area contributed by atoms with Crippen LogP contribution < -0.4 is 14.8 Å². The van der Waals surface area contributed by atoms with Crippen molar-refractivity contribution >= 4 is 17.3 Å². The molecule has 1 N–H and O–H groups in total. The van der Waals surface area contributed by atoms with E-state index in [4.69, 9.17) is 9.47 Å². The second-order valence-corrected chi connectivity index (χ2v) is 10.8. The third kappa shape index (κ3) is 5.50. The Morgan fingerprint density at radius 2 is 1.74 bits per heavy atom. The summed E-state index contributed by atoms with van der Waals surface area (Å²) in [6.45, 7) is 3.29. The summed E-state index contributed by atoms with van der Waals surface area (Å²) >= 11 is 1.87. The lowest BCUT2D eigenvalue weighted by atomic mass is 9.93. The zero-order chi connectivity index (χ0) is 23.5. The van der Waals surface area contributed by atoms with Crippen molar-refractivity contribution in [1.82, 2.24) is 5.32 Å². The molecule has 5 rings (SSSR count). The van der Waals surface area contributed by atoms with Gasteiger partial charge in [0.2, 0.25) is 0 Å². The fourth-order valence-corrected chi connectivity index (χ4v) is 6.19. The molecule has 3 aromatic rings. The van der Waals surface area contributed by atoms with E-state index in [9.17, 15) is 9.18 Å². The molecular formula is C28H30FNO3S. The molecule has 0 unspecified atom stereocenters. The van der Waals surface area contributed by atoms with Crippen molar-refractivity contribution in [3.05, 3.63) is 81.3 Å². The summed E-state index contributed by atoms with van der Waals surface area (Å²) in [6.07, 6.45) is 4.75. The number of nitrogens with one attached hydrogen (secondary N) is 1. The van der Waals surface area contributed by atoms with Crippen molar-refractivity contribution in [3.63, 3.8) is 0 Å². The second kappa shape index (κ2) is 10.3. The molecule has 1 aromatic heterocycles. The van der Waals surface area contributed by atoms with Crippen LogP contribution >= 0.6 is 11.3 Å². The number of thiophene rings is 1. The summed E-state index contributed by atoms with van der Waals surface area (Å²) in [5, 5.41) is 3.86. The van der Waals surface area contributed by atoms with Gasteiger partial charge >= 0.3 is 5.97 Å². The predicted octanol–water partition coefficient (Wildman–Crippen LogP) is 5.85. The lowest BCUT2D eigenvalue weighted by Crippen LogP contribution is -2.37. The molecule has 0 spiro atoms. The summed E-state index contributed by atoms with van der Waals surface area (Å²) in [5.74, 6) is 1.76. The topological polar surface area (TPSA) is 47.6 Å². The molecule has 0 radical (unpaired) electrons. The Hall–Kier alpha value is -2.70. The first-order chi connectivity index (χ1) is 16.5. The Balaban J connectivity index is 1.16. The maximum Gasteiger partial charge on any atom is 0.314 e. The molecule has 3 atom stereocenters. The van der Waals surface area contributed by atoms with E-state index >= 15 is 0 Å². The summed E-state index contributed by atoms with van der Waals surface area (Å²) in [5.41, 5.74) is 2.68. The number of halogens is 1. The molecule has 0 saturated heterocycles. The Labute approximate surface area is 204 Å². The molecule has 2 aliphatic carbocycles. The van der Waals surface area contributed by atoms with Crippen LogP contribution in [-0.2, 0) is 24.2 Å². The highest BCUT2D eigenvalue weighted by molar-refractivity contribution is 7.11. The van der Waals surface area contributed by atoms with Crippen LogP contribution in [0.3, 0.4) is 0 Å². The summed E-state index contributed by atoms with van der Waals surface area (Å²) in [4.78, 5) is 15.1. The van der Waals surface area contributed by atoms with Crippen LogP contribution in [0.4, 0.5) is 4.39 Å². The number of esters is 1. The van der Waals surface area contributed by atoms with E-state index in [2.05, 4.69) is 36.5 Å². The highest BCUT2D eigenvalue weighted by Crippen LogP contribution is 2.41. The first-order valence-electron chi connectivity index (χ1n) is 12.0. The third-order valence-corrected chi connectivity index (χ3v) is 7.99. The summed E-state index contributed by atoms with van der Waals surface area (Å²) in [6, 6.07) is 16.8. The van der Waals surface area contributed by atoms with Gasteiger partial charge in [0.25, 0.3) is 0 Å². The van der Waals surface area contributed by atoms with Gasteiger partial charge in [-0.05, 0) is 104 Å². The van der Waals surface area contributed by atoms with E-state index in [1.165, 1.54) is 45.9 Å². The number of hydrogen-bond donors (Lipinski definition) is 1. The summed E-state index contributed by atoms with van der Waals surface area (Å²) in [7, 11) is 0. The van der Waals surface area contributed by atoms with Crippen LogP contribution in [0, 0.1) is 24.6 Å². The molecule has 1 fully saturated rings. The van der Waals surface area contributed by atoms with Crippen molar-refractivity contribution < 1.29 is 18.7 Å². The molecule has 0 amide bonds. The number of carbonyl (C=O) groups is 1. The molecule has 1 heterocycles. The minimum Gasteiger partial charge on any atom is -0.493 e. The molecule has 1 saturated carbocycles. The maximum atomic E-state index is 13.0. The predicted molar refractivity (Wildman–Crippen MR) is 132 cm³/mol. The highest BCUT2D eigenvalue weighted by atomic mass is 32.1. The molecule has 34 heavy (non-hydrogen) atoms. The van der Waals surface area contributed by atoms with Gasteiger partial charge in [0.1, 0.15) is 17.3 Å². The molecular weight excluding hydrogens is 449 g/mol. The lowest BCUT2D eigenvalue weighted by molar-refractivity contribution is -0.134. The van der Waals surface area contributed by atoms with Crippen molar-refractivity contribution in [2.24, 2.45) is 11.8 Å². The molecule has 178 valence electrons. The fraction of sp³-hybridized carbons (Fsp3) is 0.393. The quantitative estimate of drug-likeness (QED) is 0.325. The number of hydrogen-bond acceptors (Lipinski definition) is 5. The SMILES string of the molecule is Cc1ccc(CN[C@H]2[C@@H]3CC[C@H]2Cc2ccc(OC(=O)CCOc4ccc(F)cc4)cc2C3)s1. The largest absolute Gasteiger partial charge is 0.493 e. The molecule has 0 aliphatic heterocycles. The van der Waals surface area contributed by atoms with Gasteiger partial charge in [-0.15, -0.1) is 11.3 Å². The van der Waals surface area contributed by atoms with Crippen LogP contribution in [0.15, 0.2) is 54.6 Å². The van der Waals surface area contributed by atoms with Crippen LogP contribution in [0.2, 0.25) is 0 Å². The highest BCUT2D eigenvalue weighted by Gasteiger charge is 2.38. The second-order valence-electron chi connectivity index (χ2n) is 9.38. The molecule has 6 heteroatoms. The van der Waals surface area contributed by atoms with Crippen LogP contribution in [0.5, 0.6) is 11.5 Å². The van der Waals surface area contributed by atoms with Gasteiger partial charge in [-0.1, -0.05) is 6.07 Å². The Morgan fingerprint density at radius 1 is 1.00 bits per heavy atom. The zero-order valence-corrected chi connectivity index (χ0v) is 20.2.